The van der Waals surface area contributed by atoms with Crippen molar-refractivity contribution in [3.8, 4) is 17.1 Å². The Bertz CT molecular complexity index is 1500. The van der Waals surface area contributed by atoms with E-state index >= 15 is 0 Å². The number of halogens is 1. The molecule has 9 heteroatoms. The van der Waals surface area contributed by atoms with Crippen molar-refractivity contribution < 1.29 is 9.18 Å². The van der Waals surface area contributed by atoms with Gasteiger partial charge in [-0.1, -0.05) is 18.2 Å². The van der Waals surface area contributed by atoms with E-state index in [1.807, 2.05) is 49.4 Å². The quantitative estimate of drug-likeness (QED) is 0.404. The summed E-state index contributed by atoms with van der Waals surface area (Å²) in [5.74, 6) is 0.783. The average molecular weight is 455 g/mol. The molecule has 4 aromatic heterocycles. The standard InChI is InChI=1S/C25H22FN7O/c1-16-5-3-8-24(30-16)33-21(13-23(31-33)28-14-17-6-4-7-19(26)11-17)18-9-10-32-22(12-18)20(15-29-32)25(34)27-2/h3-13,15H,14H2,1-2H3,(H,27,34)(H,28,31). The third-order valence-electron chi connectivity index (χ3n) is 5.45. The number of rotatable bonds is 6. The lowest BCUT2D eigenvalue weighted by Gasteiger charge is -2.08. The van der Waals surface area contributed by atoms with E-state index in [9.17, 15) is 9.18 Å². The van der Waals surface area contributed by atoms with Crippen LogP contribution in [-0.4, -0.2) is 37.3 Å². The number of fused-ring (bicyclic) bond motifs is 1. The molecule has 0 radical (unpaired) electrons. The van der Waals surface area contributed by atoms with Crippen molar-refractivity contribution in [2.24, 2.45) is 0 Å². The predicted octanol–water partition coefficient (Wildman–Crippen LogP) is 4.00. The fourth-order valence-corrected chi connectivity index (χ4v) is 3.78. The zero-order chi connectivity index (χ0) is 23.7. The second-order valence-corrected chi connectivity index (χ2v) is 7.83. The van der Waals surface area contributed by atoms with Gasteiger partial charge < -0.3 is 10.6 Å². The summed E-state index contributed by atoms with van der Waals surface area (Å²) in [7, 11) is 1.59. The van der Waals surface area contributed by atoms with Crippen LogP contribution in [0.4, 0.5) is 10.2 Å². The Kier molecular flexibility index (Phi) is 5.51. The van der Waals surface area contributed by atoms with Crippen molar-refractivity contribution >= 4 is 17.2 Å². The van der Waals surface area contributed by atoms with Crippen LogP contribution in [0.1, 0.15) is 21.6 Å². The summed E-state index contributed by atoms with van der Waals surface area (Å²) in [6.07, 6.45) is 3.35. The molecule has 5 rings (SSSR count). The number of nitrogens with zero attached hydrogens (tertiary/aromatic N) is 5. The highest BCUT2D eigenvalue weighted by molar-refractivity contribution is 6.01. The number of hydrogen-bond acceptors (Lipinski definition) is 5. The van der Waals surface area contributed by atoms with Gasteiger partial charge in [-0.05, 0) is 48.9 Å². The summed E-state index contributed by atoms with van der Waals surface area (Å²) in [5.41, 5.74) is 4.45. The molecule has 0 aliphatic heterocycles. The number of benzene rings is 1. The Labute approximate surface area is 195 Å². The van der Waals surface area contributed by atoms with Gasteiger partial charge in [-0.2, -0.15) is 5.10 Å². The number of carbonyl (C=O) groups is 1. The Morgan fingerprint density at radius 1 is 1.09 bits per heavy atom. The van der Waals surface area contributed by atoms with Crippen molar-refractivity contribution in [3.63, 3.8) is 0 Å². The monoisotopic (exact) mass is 455 g/mol. The molecule has 0 fully saturated rings. The molecular weight excluding hydrogens is 433 g/mol. The first-order valence-corrected chi connectivity index (χ1v) is 10.7. The minimum Gasteiger partial charge on any atom is -0.364 e. The van der Waals surface area contributed by atoms with E-state index in [-0.39, 0.29) is 11.7 Å². The van der Waals surface area contributed by atoms with Gasteiger partial charge >= 0.3 is 0 Å². The van der Waals surface area contributed by atoms with Crippen molar-refractivity contribution in [2.75, 3.05) is 12.4 Å². The topological polar surface area (TPSA) is 89.1 Å². The van der Waals surface area contributed by atoms with Gasteiger partial charge in [-0.3, -0.25) is 4.79 Å². The van der Waals surface area contributed by atoms with Crippen LogP contribution < -0.4 is 10.6 Å². The fraction of sp³-hybridized carbons (Fsp3) is 0.120. The number of aryl methyl sites for hydroxylation is 1. The first-order chi connectivity index (χ1) is 16.5. The Morgan fingerprint density at radius 2 is 1.94 bits per heavy atom. The molecule has 0 saturated carbocycles. The van der Waals surface area contributed by atoms with Gasteiger partial charge in [0.2, 0.25) is 0 Å². The zero-order valence-corrected chi connectivity index (χ0v) is 18.7. The molecule has 0 saturated heterocycles. The van der Waals surface area contributed by atoms with E-state index in [0.717, 1.165) is 22.5 Å². The molecule has 0 spiro atoms. The number of aromatic nitrogens is 5. The number of anilines is 1. The summed E-state index contributed by atoms with van der Waals surface area (Å²) >= 11 is 0. The summed E-state index contributed by atoms with van der Waals surface area (Å²) in [4.78, 5) is 16.9. The van der Waals surface area contributed by atoms with E-state index in [2.05, 4.69) is 20.7 Å². The predicted molar refractivity (Wildman–Crippen MR) is 127 cm³/mol. The van der Waals surface area contributed by atoms with E-state index in [4.69, 9.17) is 5.10 Å². The third kappa shape index (κ3) is 4.11. The molecule has 0 atom stereocenters. The van der Waals surface area contributed by atoms with Crippen molar-refractivity contribution in [1.29, 1.82) is 0 Å². The lowest BCUT2D eigenvalue weighted by molar-refractivity contribution is 0.0964. The number of hydrogen-bond donors (Lipinski definition) is 2. The third-order valence-corrected chi connectivity index (χ3v) is 5.45. The maximum atomic E-state index is 13.6. The SMILES string of the molecule is CNC(=O)c1cnn2ccc(-c3cc(NCc4cccc(F)c4)nn3-c3cccc(C)n3)cc12. The lowest BCUT2D eigenvalue weighted by Crippen LogP contribution is -2.17. The Hall–Kier alpha value is -4.53. The molecule has 0 bridgehead atoms. The fourth-order valence-electron chi connectivity index (χ4n) is 3.78. The highest BCUT2D eigenvalue weighted by atomic mass is 19.1. The Morgan fingerprint density at radius 3 is 2.74 bits per heavy atom. The van der Waals surface area contributed by atoms with Crippen LogP contribution >= 0.6 is 0 Å². The van der Waals surface area contributed by atoms with Crippen LogP contribution in [-0.2, 0) is 6.54 Å². The van der Waals surface area contributed by atoms with E-state index in [0.29, 0.717) is 29.3 Å². The summed E-state index contributed by atoms with van der Waals surface area (Å²) in [5, 5.41) is 14.9. The van der Waals surface area contributed by atoms with Gasteiger partial charge in [-0.15, -0.1) is 5.10 Å². The van der Waals surface area contributed by atoms with Crippen LogP contribution in [0.3, 0.4) is 0 Å². The molecule has 8 nitrogen and oxygen atoms in total. The first-order valence-electron chi connectivity index (χ1n) is 10.7. The number of carbonyl (C=O) groups excluding carboxylic acids is 1. The minimum absolute atomic E-state index is 0.210. The summed E-state index contributed by atoms with van der Waals surface area (Å²) < 4.78 is 17.0. The molecule has 2 N–H and O–H groups in total. The van der Waals surface area contributed by atoms with Gasteiger partial charge in [-0.25, -0.2) is 18.6 Å². The molecule has 0 aliphatic carbocycles. The largest absolute Gasteiger partial charge is 0.364 e. The Balaban J connectivity index is 1.58. The van der Waals surface area contributed by atoms with E-state index < -0.39 is 0 Å². The number of nitrogens with one attached hydrogen (secondary N) is 2. The van der Waals surface area contributed by atoms with Gasteiger partial charge in [0.1, 0.15) is 11.6 Å². The minimum atomic E-state index is -0.282. The van der Waals surface area contributed by atoms with Crippen LogP contribution in [0, 0.1) is 12.7 Å². The highest BCUT2D eigenvalue weighted by Gasteiger charge is 2.16. The maximum Gasteiger partial charge on any atom is 0.254 e. The number of amides is 1. The van der Waals surface area contributed by atoms with Gasteiger partial charge in [0.05, 0.1) is 23.0 Å². The van der Waals surface area contributed by atoms with E-state index in [1.165, 1.54) is 12.1 Å². The molecular formula is C25H22FN7O. The maximum absolute atomic E-state index is 13.6. The molecule has 4 heterocycles. The molecule has 1 aromatic carbocycles. The van der Waals surface area contributed by atoms with Gasteiger partial charge in [0.15, 0.2) is 5.82 Å². The molecule has 5 aromatic rings. The van der Waals surface area contributed by atoms with E-state index in [1.54, 1.807) is 34.7 Å². The molecule has 34 heavy (non-hydrogen) atoms. The van der Waals surface area contributed by atoms with Crippen LogP contribution in [0.2, 0.25) is 0 Å². The van der Waals surface area contributed by atoms with Gasteiger partial charge in [0, 0.05) is 37.1 Å². The van der Waals surface area contributed by atoms with Crippen LogP contribution in [0.25, 0.3) is 22.6 Å². The molecule has 170 valence electrons. The zero-order valence-electron chi connectivity index (χ0n) is 18.7. The first kappa shape index (κ1) is 21.3. The highest BCUT2D eigenvalue weighted by Crippen LogP contribution is 2.28. The number of pyridine rings is 2. The molecule has 0 unspecified atom stereocenters. The average Bonchev–Trinajstić information content (AvgIpc) is 3.46. The van der Waals surface area contributed by atoms with Crippen molar-refractivity contribution in [1.82, 2.24) is 29.7 Å². The summed E-state index contributed by atoms with van der Waals surface area (Å²) in [6, 6.07) is 17.9. The smallest absolute Gasteiger partial charge is 0.254 e. The normalized spacial score (nSPS) is 11.0. The van der Waals surface area contributed by atoms with Gasteiger partial charge in [0.25, 0.3) is 5.91 Å². The van der Waals surface area contributed by atoms with Crippen molar-refractivity contribution in [3.05, 3.63) is 95.7 Å². The second-order valence-electron chi connectivity index (χ2n) is 7.83. The van der Waals surface area contributed by atoms with Crippen LogP contribution in [0.5, 0.6) is 0 Å². The second kappa shape index (κ2) is 8.78. The van der Waals surface area contributed by atoms with Crippen molar-refractivity contribution in [2.45, 2.75) is 13.5 Å². The lowest BCUT2D eigenvalue weighted by atomic mass is 10.1. The summed E-state index contributed by atoms with van der Waals surface area (Å²) in [6.45, 7) is 2.34. The molecule has 1 amide bonds. The molecule has 0 aliphatic rings. The van der Waals surface area contributed by atoms with Crippen LogP contribution in [0.15, 0.2) is 73.1 Å².